The second-order valence-electron chi connectivity index (χ2n) is 7.13. The van der Waals surface area contributed by atoms with Gasteiger partial charge in [-0.1, -0.05) is 18.2 Å². The van der Waals surface area contributed by atoms with E-state index in [1.165, 1.54) is 0 Å². The molecule has 2 heterocycles. The van der Waals surface area contributed by atoms with Crippen LogP contribution in [0.25, 0.3) is 17.0 Å². The first kappa shape index (κ1) is 17.0. The van der Waals surface area contributed by atoms with E-state index in [1.54, 1.807) is 6.20 Å². The van der Waals surface area contributed by atoms with Gasteiger partial charge in [-0.25, -0.2) is 0 Å². The van der Waals surface area contributed by atoms with Gasteiger partial charge in [-0.3, -0.25) is 4.79 Å². The summed E-state index contributed by atoms with van der Waals surface area (Å²) in [7, 11) is -0.579. The number of carbonyl (C=O) groups is 1. The molecule has 0 aliphatic carbocycles. The van der Waals surface area contributed by atoms with Crippen molar-refractivity contribution in [3.8, 4) is 0 Å². The minimum absolute atomic E-state index is 0.154. The third-order valence-electron chi connectivity index (χ3n) is 4.96. The Kier molecular flexibility index (Phi) is 4.15. The standard InChI is InChI=1S/C18H22BNO4/c1-17(2)18(3,4)24-19(23-17)14(11-22)7-12-5-6-15-13(10-21)9-20-16(15)8-12/h5-10,20,22H,11H2,1-4H3. The Morgan fingerprint density at radius 3 is 2.50 bits per heavy atom. The minimum Gasteiger partial charge on any atom is -0.400 e. The van der Waals surface area contributed by atoms with Gasteiger partial charge in [-0.2, -0.15) is 0 Å². The summed E-state index contributed by atoms with van der Waals surface area (Å²) in [6.45, 7) is 7.77. The van der Waals surface area contributed by atoms with Crippen LogP contribution in [0.1, 0.15) is 43.6 Å². The summed E-state index contributed by atoms with van der Waals surface area (Å²) in [6, 6.07) is 5.73. The SMILES string of the molecule is CC1(C)OB(C(=Cc2ccc3c(C=O)c[nH]c3c2)CO)OC1(C)C. The van der Waals surface area contributed by atoms with Gasteiger partial charge in [0.25, 0.3) is 0 Å². The Bertz CT molecular complexity index is 790. The van der Waals surface area contributed by atoms with E-state index in [0.717, 1.165) is 22.8 Å². The highest BCUT2D eigenvalue weighted by Crippen LogP contribution is 2.38. The zero-order chi connectivity index (χ0) is 17.5. The normalized spacial score (nSPS) is 19.9. The first-order valence-electron chi connectivity index (χ1n) is 8.01. The highest BCUT2D eigenvalue weighted by Gasteiger charge is 2.52. The molecule has 0 amide bonds. The summed E-state index contributed by atoms with van der Waals surface area (Å²) in [5.41, 5.74) is 2.17. The molecule has 0 bridgehead atoms. The number of fused-ring (bicyclic) bond motifs is 1. The molecule has 126 valence electrons. The molecule has 1 fully saturated rings. The van der Waals surface area contributed by atoms with Crippen molar-refractivity contribution in [2.45, 2.75) is 38.9 Å². The monoisotopic (exact) mass is 327 g/mol. The van der Waals surface area contributed by atoms with E-state index in [4.69, 9.17) is 9.31 Å². The first-order valence-corrected chi connectivity index (χ1v) is 8.01. The lowest BCUT2D eigenvalue weighted by Gasteiger charge is -2.32. The maximum atomic E-state index is 11.0. The lowest BCUT2D eigenvalue weighted by atomic mass is 9.77. The van der Waals surface area contributed by atoms with Gasteiger partial charge < -0.3 is 19.4 Å². The van der Waals surface area contributed by atoms with Crippen LogP contribution in [0.15, 0.2) is 29.9 Å². The van der Waals surface area contributed by atoms with Crippen LogP contribution in [0.5, 0.6) is 0 Å². The number of aromatic amines is 1. The van der Waals surface area contributed by atoms with E-state index < -0.39 is 18.3 Å². The molecule has 1 aromatic carbocycles. The average Bonchev–Trinajstić information content (AvgIpc) is 3.02. The summed E-state index contributed by atoms with van der Waals surface area (Å²) in [4.78, 5) is 14.1. The summed E-state index contributed by atoms with van der Waals surface area (Å²) in [6.07, 6.45) is 4.38. The van der Waals surface area contributed by atoms with Gasteiger partial charge in [0.1, 0.15) is 0 Å². The fourth-order valence-corrected chi connectivity index (χ4v) is 2.75. The summed E-state index contributed by atoms with van der Waals surface area (Å²) in [5.74, 6) is 0. The molecule has 1 aliphatic rings. The molecule has 0 unspecified atom stereocenters. The third kappa shape index (κ3) is 2.81. The predicted octanol–water partition coefficient (Wildman–Crippen LogP) is 2.99. The Labute approximate surface area is 141 Å². The number of aromatic nitrogens is 1. The maximum Gasteiger partial charge on any atom is 0.492 e. The van der Waals surface area contributed by atoms with Gasteiger partial charge in [-0.05, 0) is 44.8 Å². The van der Waals surface area contributed by atoms with Crippen molar-refractivity contribution in [3.63, 3.8) is 0 Å². The van der Waals surface area contributed by atoms with Crippen LogP contribution in [-0.2, 0) is 9.31 Å². The van der Waals surface area contributed by atoms with Crippen molar-refractivity contribution in [3.05, 3.63) is 41.0 Å². The molecular weight excluding hydrogens is 305 g/mol. The fraction of sp³-hybridized carbons (Fsp3) is 0.389. The number of hydrogen-bond donors (Lipinski definition) is 2. The molecule has 0 atom stereocenters. The predicted molar refractivity (Wildman–Crippen MR) is 94.8 cm³/mol. The number of aliphatic hydroxyl groups is 1. The maximum absolute atomic E-state index is 11.0. The van der Waals surface area contributed by atoms with Crippen molar-refractivity contribution in [1.82, 2.24) is 4.98 Å². The van der Waals surface area contributed by atoms with Gasteiger partial charge in [0.15, 0.2) is 6.29 Å². The summed E-state index contributed by atoms with van der Waals surface area (Å²) >= 11 is 0. The number of aliphatic hydroxyl groups excluding tert-OH is 1. The van der Waals surface area contributed by atoms with Crippen LogP contribution in [0.4, 0.5) is 0 Å². The fourth-order valence-electron chi connectivity index (χ4n) is 2.75. The Hall–Kier alpha value is -1.89. The molecule has 1 saturated heterocycles. The Morgan fingerprint density at radius 2 is 1.92 bits per heavy atom. The van der Waals surface area contributed by atoms with Gasteiger partial charge in [0.2, 0.25) is 0 Å². The Morgan fingerprint density at radius 1 is 1.25 bits per heavy atom. The second kappa shape index (κ2) is 5.88. The quantitative estimate of drug-likeness (QED) is 0.669. The number of rotatable bonds is 4. The Balaban J connectivity index is 1.92. The van der Waals surface area contributed by atoms with E-state index in [1.807, 2.05) is 52.0 Å². The molecule has 0 radical (unpaired) electrons. The number of benzene rings is 1. The molecule has 0 spiro atoms. The second-order valence-corrected chi connectivity index (χ2v) is 7.13. The van der Waals surface area contributed by atoms with Crippen LogP contribution >= 0.6 is 0 Å². The number of carbonyl (C=O) groups excluding carboxylic acids is 1. The van der Waals surface area contributed by atoms with Crippen LogP contribution in [-0.4, -0.2) is 41.3 Å². The number of hydrogen-bond acceptors (Lipinski definition) is 4. The first-order chi connectivity index (χ1) is 11.3. The lowest BCUT2D eigenvalue weighted by molar-refractivity contribution is 0.00578. The van der Waals surface area contributed by atoms with Gasteiger partial charge in [-0.15, -0.1) is 0 Å². The molecule has 0 saturated carbocycles. The van der Waals surface area contributed by atoms with Crippen molar-refractivity contribution < 1.29 is 19.2 Å². The largest absolute Gasteiger partial charge is 0.492 e. The van der Waals surface area contributed by atoms with Gasteiger partial charge in [0, 0.05) is 22.7 Å². The number of nitrogens with one attached hydrogen (secondary N) is 1. The zero-order valence-electron chi connectivity index (χ0n) is 14.4. The summed E-state index contributed by atoms with van der Waals surface area (Å²) in [5, 5.41) is 10.6. The number of H-pyrrole nitrogens is 1. The van der Waals surface area contributed by atoms with Crippen molar-refractivity contribution in [2.24, 2.45) is 0 Å². The van der Waals surface area contributed by atoms with Crippen LogP contribution in [0, 0.1) is 0 Å². The zero-order valence-corrected chi connectivity index (χ0v) is 14.4. The molecule has 6 heteroatoms. The van der Waals surface area contributed by atoms with Crippen molar-refractivity contribution >= 4 is 30.4 Å². The van der Waals surface area contributed by atoms with E-state index >= 15 is 0 Å². The van der Waals surface area contributed by atoms with E-state index in [2.05, 4.69) is 4.98 Å². The van der Waals surface area contributed by atoms with E-state index in [9.17, 15) is 9.90 Å². The van der Waals surface area contributed by atoms with E-state index in [-0.39, 0.29) is 6.61 Å². The molecule has 1 aliphatic heterocycles. The topological polar surface area (TPSA) is 71.6 Å². The summed E-state index contributed by atoms with van der Waals surface area (Å²) < 4.78 is 12.0. The molecular formula is C18H22BNO4. The van der Waals surface area contributed by atoms with Gasteiger partial charge >= 0.3 is 7.12 Å². The average molecular weight is 327 g/mol. The minimum atomic E-state index is -0.579. The smallest absolute Gasteiger partial charge is 0.400 e. The number of aldehydes is 1. The van der Waals surface area contributed by atoms with Crippen LogP contribution < -0.4 is 0 Å². The highest BCUT2D eigenvalue weighted by molar-refractivity contribution is 6.55. The van der Waals surface area contributed by atoms with Crippen LogP contribution in [0.3, 0.4) is 0 Å². The molecule has 3 rings (SSSR count). The molecule has 2 aromatic rings. The molecule has 2 N–H and O–H groups in total. The molecule has 5 nitrogen and oxygen atoms in total. The molecule has 1 aromatic heterocycles. The third-order valence-corrected chi connectivity index (χ3v) is 4.96. The van der Waals surface area contributed by atoms with Crippen molar-refractivity contribution in [2.75, 3.05) is 6.61 Å². The van der Waals surface area contributed by atoms with Crippen molar-refractivity contribution in [1.29, 1.82) is 0 Å². The molecule has 24 heavy (non-hydrogen) atoms. The highest BCUT2D eigenvalue weighted by atomic mass is 16.7. The van der Waals surface area contributed by atoms with Gasteiger partial charge in [0.05, 0.1) is 17.8 Å². The van der Waals surface area contributed by atoms with Crippen LogP contribution in [0.2, 0.25) is 0 Å². The lowest BCUT2D eigenvalue weighted by Crippen LogP contribution is -2.41. The van der Waals surface area contributed by atoms with E-state index in [0.29, 0.717) is 11.0 Å².